The largest absolute Gasteiger partial charge is 0.465 e. The van der Waals surface area contributed by atoms with E-state index in [0.29, 0.717) is 23.7 Å². The van der Waals surface area contributed by atoms with Gasteiger partial charge in [-0.05, 0) is 17.9 Å². The third-order valence-corrected chi connectivity index (χ3v) is 4.21. The van der Waals surface area contributed by atoms with Crippen LogP contribution in [-0.2, 0) is 14.3 Å². The standard InChI is InChI=1S/C13H17N3O4S/c1-7-6-21-11(13(19)20-2)10(7)16-9(17)5-8-12(18)15-4-3-14-8/h6,8,14H,3-5H2,1-2H3,(H,15,18)(H,16,17)/t8-/m0/s1. The molecule has 0 spiro atoms. The molecule has 0 aromatic carbocycles. The molecule has 114 valence electrons. The number of amides is 2. The summed E-state index contributed by atoms with van der Waals surface area (Å²) in [7, 11) is 1.29. The molecule has 0 saturated carbocycles. The van der Waals surface area contributed by atoms with Crippen molar-refractivity contribution in [3.63, 3.8) is 0 Å². The van der Waals surface area contributed by atoms with Gasteiger partial charge in [-0.3, -0.25) is 9.59 Å². The van der Waals surface area contributed by atoms with Crippen molar-refractivity contribution < 1.29 is 19.1 Å². The van der Waals surface area contributed by atoms with Crippen LogP contribution in [-0.4, -0.2) is 44.0 Å². The fraction of sp³-hybridized carbons (Fsp3) is 0.462. The molecule has 1 aromatic heterocycles. The summed E-state index contributed by atoms with van der Waals surface area (Å²) in [5.74, 6) is -1.00. The van der Waals surface area contributed by atoms with Gasteiger partial charge in [0, 0.05) is 13.1 Å². The molecule has 0 radical (unpaired) electrons. The maximum Gasteiger partial charge on any atom is 0.350 e. The summed E-state index contributed by atoms with van der Waals surface area (Å²) in [5, 5.41) is 10.1. The van der Waals surface area contributed by atoms with Crippen LogP contribution in [0.25, 0.3) is 0 Å². The van der Waals surface area contributed by atoms with Gasteiger partial charge in [0.25, 0.3) is 0 Å². The molecule has 2 heterocycles. The van der Waals surface area contributed by atoms with E-state index < -0.39 is 12.0 Å². The van der Waals surface area contributed by atoms with Crippen LogP contribution in [0.5, 0.6) is 0 Å². The van der Waals surface area contributed by atoms with Gasteiger partial charge in [-0.2, -0.15) is 0 Å². The van der Waals surface area contributed by atoms with Crippen LogP contribution in [0.15, 0.2) is 5.38 Å². The Hall–Kier alpha value is -1.93. The van der Waals surface area contributed by atoms with E-state index in [1.807, 2.05) is 0 Å². The second kappa shape index (κ2) is 6.68. The molecule has 1 aliphatic heterocycles. The maximum absolute atomic E-state index is 12.1. The third-order valence-electron chi connectivity index (χ3n) is 3.13. The minimum Gasteiger partial charge on any atom is -0.465 e. The van der Waals surface area contributed by atoms with Crippen LogP contribution < -0.4 is 16.0 Å². The highest BCUT2D eigenvalue weighted by atomic mass is 32.1. The van der Waals surface area contributed by atoms with E-state index >= 15 is 0 Å². The molecule has 2 amide bonds. The lowest BCUT2D eigenvalue weighted by Crippen LogP contribution is -2.53. The molecule has 7 nitrogen and oxygen atoms in total. The van der Waals surface area contributed by atoms with Gasteiger partial charge in [0.2, 0.25) is 11.8 Å². The van der Waals surface area contributed by atoms with Gasteiger partial charge in [0.15, 0.2) is 0 Å². The molecule has 1 saturated heterocycles. The number of ether oxygens (including phenoxy) is 1. The van der Waals surface area contributed by atoms with Crippen molar-refractivity contribution in [2.24, 2.45) is 0 Å². The van der Waals surface area contributed by atoms with Crippen LogP contribution in [0.4, 0.5) is 5.69 Å². The van der Waals surface area contributed by atoms with E-state index in [0.717, 1.165) is 5.56 Å². The predicted molar refractivity (Wildman–Crippen MR) is 78.4 cm³/mol. The Labute approximate surface area is 126 Å². The van der Waals surface area contributed by atoms with Crippen LogP contribution in [0, 0.1) is 6.92 Å². The van der Waals surface area contributed by atoms with Crippen LogP contribution in [0.1, 0.15) is 21.7 Å². The fourth-order valence-electron chi connectivity index (χ4n) is 2.03. The number of esters is 1. The SMILES string of the molecule is COC(=O)c1scc(C)c1NC(=O)C[C@@H]1NCCNC1=O. The summed E-state index contributed by atoms with van der Waals surface area (Å²) < 4.78 is 4.68. The van der Waals surface area contributed by atoms with Gasteiger partial charge < -0.3 is 20.7 Å². The van der Waals surface area contributed by atoms with Gasteiger partial charge in [-0.25, -0.2) is 4.79 Å². The molecule has 0 unspecified atom stereocenters. The minimum atomic E-state index is -0.542. The number of nitrogens with one attached hydrogen (secondary N) is 3. The summed E-state index contributed by atoms with van der Waals surface area (Å²) in [6.45, 7) is 2.99. The lowest BCUT2D eigenvalue weighted by Gasteiger charge is -2.22. The van der Waals surface area contributed by atoms with Crippen LogP contribution >= 0.6 is 11.3 Å². The lowest BCUT2D eigenvalue weighted by molar-refractivity contribution is -0.127. The van der Waals surface area contributed by atoms with Gasteiger partial charge >= 0.3 is 5.97 Å². The molecule has 0 bridgehead atoms. The molecule has 1 aliphatic rings. The highest BCUT2D eigenvalue weighted by Crippen LogP contribution is 2.28. The first kappa shape index (κ1) is 15.5. The van der Waals surface area contributed by atoms with Crippen molar-refractivity contribution in [1.82, 2.24) is 10.6 Å². The van der Waals surface area contributed by atoms with Crippen molar-refractivity contribution in [2.75, 3.05) is 25.5 Å². The second-order valence-corrected chi connectivity index (χ2v) is 5.54. The van der Waals surface area contributed by atoms with Gasteiger partial charge in [0.05, 0.1) is 25.3 Å². The average Bonchev–Trinajstić information content (AvgIpc) is 2.82. The summed E-state index contributed by atoms with van der Waals surface area (Å²) in [4.78, 5) is 35.6. The zero-order valence-electron chi connectivity index (χ0n) is 11.8. The first-order valence-electron chi connectivity index (χ1n) is 6.50. The van der Waals surface area contributed by atoms with E-state index in [9.17, 15) is 14.4 Å². The summed E-state index contributed by atoms with van der Waals surface area (Å²) in [6.07, 6.45) is 0.0156. The third kappa shape index (κ3) is 3.59. The van der Waals surface area contributed by atoms with Gasteiger partial charge in [0.1, 0.15) is 4.88 Å². The Balaban J connectivity index is 2.04. The zero-order valence-corrected chi connectivity index (χ0v) is 12.6. The number of hydrogen-bond acceptors (Lipinski definition) is 6. The number of hydrogen-bond donors (Lipinski definition) is 3. The fourth-order valence-corrected chi connectivity index (χ4v) is 2.95. The summed E-state index contributed by atoms with van der Waals surface area (Å²) in [5.41, 5.74) is 1.24. The lowest BCUT2D eigenvalue weighted by atomic mass is 10.1. The van der Waals surface area contributed by atoms with Gasteiger partial charge in [-0.1, -0.05) is 0 Å². The normalized spacial score (nSPS) is 18.0. The van der Waals surface area contributed by atoms with Crippen LogP contribution in [0.3, 0.4) is 0 Å². The first-order valence-corrected chi connectivity index (χ1v) is 7.38. The van der Waals surface area contributed by atoms with E-state index in [4.69, 9.17) is 0 Å². The van der Waals surface area contributed by atoms with E-state index in [1.54, 1.807) is 12.3 Å². The number of piperazine rings is 1. The molecule has 1 fully saturated rings. The highest BCUT2D eigenvalue weighted by molar-refractivity contribution is 7.12. The number of carbonyl (C=O) groups excluding carboxylic acids is 3. The minimum absolute atomic E-state index is 0.0156. The number of methoxy groups -OCH3 is 1. The Morgan fingerprint density at radius 1 is 1.48 bits per heavy atom. The second-order valence-electron chi connectivity index (χ2n) is 4.66. The molecule has 21 heavy (non-hydrogen) atoms. The molecular formula is C13H17N3O4S. The topological polar surface area (TPSA) is 96.5 Å². The maximum atomic E-state index is 12.1. The Bertz CT molecular complexity index is 570. The number of thiophene rings is 1. The first-order chi connectivity index (χ1) is 10.0. The number of anilines is 1. The highest BCUT2D eigenvalue weighted by Gasteiger charge is 2.25. The van der Waals surface area contributed by atoms with Crippen molar-refractivity contribution in [2.45, 2.75) is 19.4 Å². The molecule has 1 atom stereocenters. The van der Waals surface area contributed by atoms with Crippen LogP contribution in [0.2, 0.25) is 0 Å². The molecule has 1 aromatic rings. The van der Waals surface area contributed by atoms with E-state index in [2.05, 4.69) is 20.7 Å². The Morgan fingerprint density at radius 2 is 2.24 bits per heavy atom. The quantitative estimate of drug-likeness (QED) is 0.693. The van der Waals surface area contributed by atoms with E-state index in [-0.39, 0.29) is 18.2 Å². The predicted octanol–water partition coefficient (Wildman–Crippen LogP) is 0.260. The number of aryl methyl sites for hydroxylation is 1. The van der Waals surface area contributed by atoms with Crippen molar-refractivity contribution in [1.29, 1.82) is 0 Å². The van der Waals surface area contributed by atoms with E-state index in [1.165, 1.54) is 18.4 Å². The molecule has 8 heteroatoms. The smallest absolute Gasteiger partial charge is 0.350 e. The Morgan fingerprint density at radius 3 is 2.90 bits per heavy atom. The molecular weight excluding hydrogens is 294 g/mol. The average molecular weight is 311 g/mol. The molecule has 0 aliphatic carbocycles. The Kier molecular flexibility index (Phi) is 4.92. The monoisotopic (exact) mass is 311 g/mol. The van der Waals surface area contributed by atoms with Crippen molar-refractivity contribution in [3.05, 3.63) is 15.8 Å². The molecule has 2 rings (SSSR count). The number of rotatable bonds is 4. The van der Waals surface area contributed by atoms with Crippen molar-refractivity contribution >= 4 is 34.8 Å². The zero-order chi connectivity index (χ0) is 15.4. The van der Waals surface area contributed by atoms with Crippen molar-refractivity contribution in [3.8, 4) is 0 Å². The van der Waals surface area contributed by atoms with Gasteiger partial charge in [-0.15, -0.1) is 11.3 Å². The summed E-state index contributed by atoms with van der Waals surface area (Å²) >= 11 is 1.21. The number of carbonyl (C=O) groups is 3. The molecule has 3 N–H and O–H groups in total. The summed E-state index contributed by atoms with van der Waals surface area (Å²) in [6, 6.07) is -0.542.